The van der Waals surface area contributed by atoms with Crippen LogP contribution in [0.1, 0.15) is 6.92 Å². The molecule has 0 atom stereocenters. The van der Waals surface area contributed by atoms with Crippen molar-refractivity contribution in [3.8, 4) is 0 Å². The van der Waals surface area contributed by atoms with Crippen LogP contribution in [0.15, 0.2) is 0 Å². The average molecular weight is 184 g/mol. The third-order valence-corrected chi connectivity index (χ3v) is 16.7. The molecule has 1 rings (SSSR count). The first-order valence-electron chi connectivity index (χ1n) is 2.85. The zero-order chi connectivity index (χ0) is 6.20. The molecule has 0 aromatic heterocycles. The van der Waals surface area contributed by atoms with Crippen molar-refractivity contribution in [1.82, 2.24) is 0 Å². The summed E-state index contributed by atoms with van der Waals surface area (Å²) in [5, 5.41) is 0. The van der Waals surface area contributed by atoms with Gasteiger partial charge in [-0.1, -0.05) is 6.92 Å². The van der Waals surface area contributed by atoms with Gasteiger partial charge < -0.3 is 0 Å². The predicted molar refractivity (Wildman–Crippen MR) is 43.3 cm³/mol. The van der Waals surface area contributed by atoms with Crippen LogP contribution in [-0.4, -0.2) is 15.5 Å². The highest BCUT2D eigenvalue weighted by Gasteiger charge is 2.44. The van der Waals surface area contributed by atoms with E-state index in [-0.39, 0.29) is 0 Å². The molecule has 1 fully saturated rings. The van der Waals surface area contributed by atoms with Crippen molar-refractivity contribution in [3.63, 3.8) is 0 Å². The lowest BCUT2D eigenvalue weighted by molar-refractivity contribution is 1.33. The Morgan fingerprint density at radius 3 is 2.25 bits per heavy atom. The second-order valence-electron chi connectivity index (χ2n) is 2.38. The highest BCUT2D eigenvalue weighted by atomic mass is 35.6. The first-order chi connectivity index (χ1) is 3.66. The zero-order valence-electron chi connectivity index (χ0n) is 4.88. The third kappa shape index (κ3) is 1.29. The monoisotopic (exact) mass is 183 g/mol. The molecule has 1 aliphatic rings. The molecule has 1 saturated heterocycles. The molecular weight excluding hydrogens is 175 g/mol. The van der Waals surface area contributed by atoms with Gasteiger partial charge in [0.15, 0.2) is 15.5 Å². The molecule has 0 nitrogen and oxygen atoms in total. The fourth-order valence-corrected chi connectivity index (χ4v) is 16.7. The number of hydrogen-bond donors (Lipinski definition) is 0. The van der Waals surface area contributed by atoms with Gasteiger partial charge in [-0.25, -0.2) is 0 Å². The molecule has 0 unspecified atom stereocenters. The Bertz CT molecular complexity index is 90.0. The van der Waals surface area contributed by atoms with Gasteiger partial charge in [0.2, 0.25) is 0 Å². The predicted octanol–water partition coefficient (Wildman–Crippen LogP) is 2.51. The molecular formula is C4H9Cl2Si2. The van der Waals surface area contributed by atoms with Crippen LogP contribution < -0.4 is 0 Å². The molecule has 0 amide bonds. The highest BCUT2D eigenvalue weighted by molar-refractivity contribution is 7.39. The summed E-state index contributed by atoms with van der Waals surface area (Å²) in [7, 11) is -1.56. The van der Waals surface area contributed by atoms with Crippen LogP contribution in [0.5, 0.6) is 0 Å². The Morgan fingerprint density at radius 2 is 2.12 bits per heavy atom. The molecule has 0 saturated carbocycles. The number of hydrogen-bond acceptors (Lipinski definition) is 0. The van der Waals surface area contributed by atoms with Crippen molar-refractivity contribution >= 4 is 37.6 Å². The van der Waals surface area contributed by atoms with Gasteiger partial charge in [-0.3, -0.25) is 0 Å². The summed E-state index contributed by atoms with van der Waals surface area (Å²) in [5.41, 5.74) is 2.47. The molecule has 4 heteroatoms. The van der Waals surface area contributed by atoms with E-state index in [0.717, 1.165) is 0 Å². The SMILES string of the molecule is CC[Si]1(Cl)C[Si](Cl)C1. The maximum atomic E-state index is 6.17. The Morgan fingerprint density at radius 1 is 1.62 bits per heavy atom. The van der Waals surface area contributed by atoms with Gasteiger partial charge in [-0.15, -0.1) is 0 Å². The number of halogens is 2. The van der Waals surface area contributed by atoms with E-state index in [9.17, 15) is 0 Å². The first kappa shape index (κ1) is 7.12. The van der Waals surface area contributed by atoms with E-state index >= 15 is 0 Å². The van der Waals surface area contributed by atoms with E-state index in [1.807, 2.05) is 0 Å². The fraction of sp³-hybridized carbons (Fsp3) is 1.00. The van der Waals surface area contributed by atoms with Crippen LogP contribution in [0, 0.1) is 0 Å². The van der Waals surface area contributed by atoms with Crippen LogP contribution in [0.4, 0.5) is 0 Å². The lowest BCUT2D eigenvalue weighted by Crippen LogP contribution is -2.45. The molecule has 0 N–H and O–H groups in total. The van der Waals surface area contributed by atoms with E-state index in [0.29, 0.717) is 0 Å². The second kappa shape index (κ2) is 2.33. The van der Waals surface area contributed by atoms with Crippen molar-refractivity contribution in [2.24, 2.45) is 0 Å². The normalized spacial score (nSPS) is 27.4. The maximum Gasteiger partial charge on any atom is 0.162 e. The summed E-state index contributed by atoms with van der Waals surface area (Å²) in [6.07, 6.45) is 0. The molecule has 8 heavy (non-hydrogen) atoms. The summed E-state index contributed by atoms with van der Waals surface area (Å²) in [6, 6.07) is 1.22. The van der Waals surface area contributed by atoms with Crippen LogP contribution in [0.2, 0.25) is 17.4 Å². The maximum absolute atomic E-state index is 6.17. The minimum Gasteiger partial charge on any atom is -0.170 e. The van der Waals surface area contributed by atoms with Crippen LogP contribution in [0.25, 0.3) is 0 Å². The molecule has 0 spiro atoms. The van der Waals surface area contributed by atoms with E-state index in [1.165, 1.54) is 17.4 Å². The van der Waals surface area contributed by atoms with E-state index < -0.39 is 15.5 Å². The minimum absolute atomic E-state index is 0.410. The van der Waals surface area contributed by atoms with Crippen molar-refractivity contribution in [2.45, 2.75) is 24.3 Å². The summed E-state index contributed by atoms with van der Waals surface area (Å²) in [6.45, 7) is 2.18. The fourth-order valence-electron chi connectivity index (χ4n) is 0.886. The van der Waals surface area contributed by atoms with Crippen molar-refractivity contribution in [1.29, 1.82) is 0 Å². The quantitative estimate of drug-likeness (QED) is 0.434. The first-order valence-corrected chi connectivity index (χ1v) is 9.41. The molecule has 0 aliphatic carbocycles. The van der Waals surface area contributed by atoms with Crippen LogP contribution in [0.3, 0.4) is 0 Å². The lowest BCUT2D eigenvalue weighted by Gasteiger charge is -2.34. The number of rotatable bonds is 1. The molecule has 1 heterocycles. The van der Waals surface area contributed by atoms with Crippen LogP contribution >= 0.6 is 22.2 Å². The van der Waals surface area contributed by atoms with Crippen molar-refractivity contribution in [3.05, 3.63) is 0 Å². The Labute approximate surface area is 62.2 Å². The topological polar surface area (TPSA) is 0 Å². The molecule has 1 aliphatic heterocycles. The highest BCUT2D eigenvalue weighted by Crippen LogP contribution is 2.39. The van der Waals surface area contributed by atoms with Gasteiger partial charge in [-0.05, 0) is 17.4 Å². The van der Waals surface area contributed by atoms with Crippen molar-refractivity contribution in [2.75, 3.05) is 0 Å². The summed E-state index contributed by atoms with van der Waals surface area (Å²) >= 11 is 12.0. The van der Waals surface area contributed by atoms with Gasteiger partial charge in [0.1, 0.15) is 0 Å². The van der Waals surface area contributed by atoms with E-state index in [1.54, 1.807) is 0 Å². The lowest BCUT2D eigenvalue weighted by atomic mass is 11.0. The second-order valence-corrected chi connectivity index (χ2v) is 13.3. The van der Waals surface area contributed by atoms with Gasteiger partial charge in [0, 0.05) is 0 Å². The third-order valence-electron chi connectivity index (χ3n) is 1.65. The van der Waals surface area contributed by atoms with Gasteiger partial charge >= 0.3 is 0 Å². The smallest absolute Gasteiger partial charge is 0.162 e. The van der Waals surface area contributed by atoms with Gasteiger partial charge in [0.05, 0.1) is 0 Å². The van der Waals surface area contributed by atoms with Gasteiger partial charge in [0.25, 0.3) is 0 Å². The van der Waals surface area contributed by atoms with Gasteiger partial charge in [-0.2, -0.15) is 22.2 Å². The molecule has 0 aromatic carbocycles. The Balaban J connectivity index is 2.30. The summed E-state index contributed by atoms with van der Waals surface area (Å²) in [5.74, 6) is 0. The minimum atomic E-state index is -1.15. The standard InChI is InChI=1S/C4H9Cl2Si2/c1-2-8(6)3-7(5)4-8/h2-4H2,1H3. The largest absolute Gasteiger partial charge is 0.170 e. The average Bonchev–Trinajstić information content (AvgIpc) is 1.63. The molecule has 0 bridgehead atoms. The zero-order valence-corrected chi connectivity index (χ0v) is 8.39. The van der Waals surface area contributed by atoms with Crippen LogP contribution in [-0.2, 0) is 0 Å². The van der Waals surface area contributed by atoms with E-state index in [2.05, 4.69) is 6.92 Å². The Kier molecular flexibility index (Phi) is 2.07. The molecule has 1 radical (unpaired) electrons. The summed E-state index contributed by atoms with van der Waals surface area (Å²) < 4.78 is 0. The Hall–Kier alpha value is 1.01. The summed E-state index contributed by atoms with van der Waals surface area (Å²) in [4.78, 5) is 0. The van der Waals surface area contributed by atoms with E-state index in [4.69, 9.17) is 22.2 Å². The molecule has 47 valence electrons. The van der Waals surface area contributed by atoms with Crippen molar-refractivity contribution < 1.29 is 0 Å². The molecule has 0 aromatic rings.